The molecule has 0 aliphatic carbocycles. The number of hydrogen-bond donors (Lipinski definition) is 2. The average molecular weight is 247 g/mol. The van der Waals surface area contributed by atoms with Gasteiger partial charge in [0.25, 0.3) is 0 Å². The van der Waals surface area contributed by atoms with E-state index in [1.54, 1.807) is 12.1 Å². The molecule has 1 amide bonds. The summed E-state index contributed by atoms with van der Waals surface area (Å²) in [6.45, 7) is 3.82. The molecule has 5 nitrogen and oxygen atoms in total. The molecule has 1 atom stereocenters. The van der Waals surface area contributed by atoms with E-state index in [9.17, 15) is 4.79 Å². The van der Waals surface area contributed by atoms with Gasteiger partial charge in [0.15, 0.2) is 0 Å². The second-order valence-corrected chi connectivity index (χ2v) is 3.89. The van der Waals surface area contributed by atoms with Crippen molar-refractivity contribution in [1.82, 2.24) is 5.32 Å². The third kappa shape index (κ3) is 3.98. The minimum Gasteiger partial charge on any atom is -0.492 e. The van der Waals surface area contributed by atoms with Crippen molar-refractivity contribution < 1.29 is 9.53 Å². The molecular weight excluding hydrogens is 230 g/mol. The molecule has 0 bridgehead atoms. The fourth-order valence-corrected chi connectivity index (χ4v) is 1.62. The zero-order chi connectivity index (χ0) is 13.5. The largest absolute Gasteiger partial charge is 0.492 e. The third-order valence-electron chi connectivity index (χ3n) is 2.35. The van der Waals surface area contributed by atoms with Crippen LogP contribution in [0.3, 0.4) is 0 Å². The Morgan fingerprint density at radius 2 is 2.33 bits per heavy atom. The van der Waals surface area contributed by atoms with Crippen molar-refractivity contribution in [3.05, 3.63) is 23.8 Å². The van der Waals surface area contributed by atoms with Crippen molar-refractivity contribution >= 4 is 11.6 Å². The molecule has 1 unspecified atom stereocenters. The Labute approximate surface area is 107 Å². The summed E-state index contributed by atoms with van der Waals surface area (Å²) in [6, 6.07) is 6.87. The topological polar surface area (TPSA) is 88.1 Å². The molecule has 0 radical (unpaired) electrons. The number of benzene rings is 1. The van der Waals surface area contributed by atoms with Gasteiger partial charge in [-0.05, 0) is 24.6 Å². The van der Waals surface area contributed by atoms with Gasteiger partial charge in [0.05, 0.1) is 18.4 Å². The van der Waals surface area contributed by atoms with Crippen LogP contribution in [0.15, 0.2) is 18.2 Å². The quantitative estimate of drug-likeness (QED) is 0.766. The lowest BCUT2D eigenvalue weighted by molar-refractivity contribution is -0.119. The first-order chi connectivity index (χ1) is 8.56. The summed E-state index contributed by atoms with van der Waals surface area (Å²) < 4.78 is 5.33. The number of carbonyl (C=O) groups is 1. The van der Waals surface area contributed by atoms with Gasteiger partial charge in [-0.15, -0.1) is 0 Å². The zero-order valence-corrected chi connectivity index (χ0v) is 10.6. The van der Waals surface area contributed by atoms with Gasteiger partial charge in [-0.2, -0.15) is 5.26 Å². The van der Waals surface area contributed by atoms with E-state index >= 15 is 0 Å². The lowest BCUT2D eigenvalue weighted by Crippen LogP contribution is -2.33. The summed E-state index contributed by atoms with van der Waals surface area (Å²) in [5, 5.41) is 11.5. The molecule has 1 rings (SSSR count). The Bertz CT molecular complexity index is 466. The van der Waals surface area contributed by atoms with Crippen LogP contribution in [0.2, 0.25) is 0 Å². The minimum absolute atomic E-state index is 0.222. The van der Waals surface area contributed by atoms with Crippen molar-refractivity contribution in [3.8, 4) is 11.8 Å². The van der Waals surface area contributed by atoms with Gasteiger partial charge in [-0.1, -0.05) is 6.07 Å². The third-order valence-corrected chi connectivity index (χ3v) is 2.35. The number of carbonyl (C=O) groups excluding carboxylic acids is 1. The molecule has 3 N–H and O–H groups in total. The van der Waals surface area contributed by atoms with E-state index in [4.69, 9.17) is 15.7 Å². The van der Waals surface area contributed by atoms with Gasteiger partial charge in [-0.3, -0.25) is 4.79 Å². The number of nitrogens with two attached hydrogens (primary N) is 1. The van der Waals surface area contributed by atoms with Crippen LogP contribution in [0.5, 0.6) is 5.75 Å². The molecule has 0 aromatic heterocycles. The van der Waals surface area contributed by atoms with E-state index in [0.717, 1.165) is 5.56 Å². The average Bonchev–Trinajstić information content (AvgIpc) is 2.31. The smallest absolute Gasteiger partial charge is 0.217 e. The van der Waals surface area contributed by atoms with Crippen LogP contribution in [0.1, 0.15) is 19.4 Å². The SMILES string of the molecule is CCOc1ccc(CC(C#N)NC(C)=O)cc1N. The summed E-state index contributed by atoms with van der Waals surface area (Å²) in [4.78, 5) is 10.9. The van der Waals surface area contributed by atoms with Crippen LogP contribution < -0.4 is 15.8 Å². The van der Waals surface area contributed by atoms with Gasteiger partial charge in [0, 0.05) is 13.3 Å². The van der Waals surface area contributed by atoms with Crippen LogP contribution in [0.25, 0.3) is 0 Å². The summed E-state index contributed by atoms with van der Waals surface area (Å²) in [7, 11) is 0. The molecule has 5 heteroatoms. The number of ether oxygens (including phenoxy) is 1. The Balaban J connectivity index is 2.76. The number of nitrogens with zero attached hydrogens (tertiary/aromatic N) is 1. The van der Waals surface area contributed by atoms with Crippen molar-refractivity contribution in [2.75, 3.05) is 12.3 Å². The van der Waals surface area contributed by atoms with Crippen molar-refractivity contribution in [2.45, 2.75) is 26.3 Å². The predicted octanol–water partition coefficient (Wildman–Crippen LogP) is 1.24. The summed E-state index contributed by atoms with van der Waals surface area (Å²) in [5.74, 6) is 0.412. The molecule has 0 saturated heterocycles. The number of hydrogen-bond acceptors (Lipinski definition) is 4. The molecule has 0 saturated carbocycles. The highest BCUT2D eigenvalue weighted by molar-refractivity contribution is 5.73. The molecule has 1 aromatic rings. The van der Waals surface area contributed by atoms with Crippen LogP contribution in [0.4, 0.5) is 5.69 Å². The molecule has 96 valence electrons. The van der Waals surface area contributed by atoms with Crippen LogP contribution in [0, 0.1) is 11.3 Å². The van der Waals surface area contributed by atoms with Crippen molar-refractivity contribution in [1.29, 1.82) is 5.26 Å². The van der Waals surface area contributed by atoms with Crippen LogP contribution in [-0.2, 0) is 11.2 Å². The first-order valence-corrected chi connectivity index (χ1v) is 5.74. The molecule has 0 heterocycles. The Morgan fingerprint density at radius 1 is 1.61 bits per heavy atom. The van der Waals surface area contributed by atoms with E-state index in [0.29, 0.717) is 24.5 Å². The first-order valence-electron chi connectivity index (χ1n) is 5.74. The Kier molecular flexibility index (Phi) is 5.00. The Hall–Kier alpha value is -2.22. The molecule has 0 aliphatic heterocycles. The number of nitrogens with one attached hydrogen (secondary N) is 1. The van der Waals surface area contributed by atoms with Gasteiger partial charge >= 0.3 is 0 Å². The molecule has 18 heavy (non-hydrogen) atoms. The Morgan fingerprint density at radius 3 is 2.83 bits per heavy atom. The maximum atomic E-state index is 10.9. The lowest BCUT2D eigenvalue weighted by atomic mass is 10.1. The minimum atomic E-state index is -0.542. The standard InChI is InChI=1S/C13H17N3O2/c1-3-18-13-5-4-10(7-12(13)15)6-11(8-14)16-9(2)17/h4-5,7,11H,3,6,15H2,1-2H3,(H,16,17). The summed E-state index contributed by atoms with van der Waals surface area (Å²) >= 11 is 0. The fourth-order valence-electron chi connectivity index (χ4n) is 1.62. The first kappa shape index (κ1) is 13.8. The molecular formula is C13H17N3O2. The number of nitriles is 1. The molecule has 0 spiro atoms. The zero-order valence-electron chi connectivity index (χ0n) is 10.6. The predicted molar refractivity (Wildman–Crippen MR) is 68.9 cm³/mol. The van der Waals surface area contributed by atoms with Gasteiger partial charge < -0.3 is 15.8 Å². The summed E-state index contributed by atoms with van der Waals surface area (Å²) in [6.07, 6.45) is 0.423. The maximum Gasteiger partial charge on any atom is 0.217 e. The van der Waals surface area contributed by atoms with Crippen molar-refractivity contribution in [2.24, 2.45) is 0 Å². The van der Waals surface area contributed by atoms with E-state index in [1.807, 2.05) is 19.1 Å². The van der Waals surface area contributed by atoms with Crippen LogP contribution >= 0.6 is 0 Å². The number of amides is 1. The van der Waals surface area contributed by atoms with E-state index in [-0.39, 0.29) is 5.91 Å². The lowest BCUT2D eigenvalue weighted by Gasteiger charge is -2.12. The number of rotatable bonds is 5. The van der Waals surface area contributed by atoms with Gasteiger partial charge in [0.1, 0.15) is 11.8 Å². The molecule has 1 aromatic carbocycles. The molecule has 0 fully saturated rings. The normalized spacial score (nSPS) is 11.4. The molecule has 0 aliphatic rings. The highest BCUT2D eigenvalue weighted by Crippen LogP contribution is 2.23. The van der Waals surface area contributed by atoms with Crippen LogP contribution in [-0.4, -0.2) is 18.6 Å². The number of nitrogen functional groups attached to an aromatic ring is 1. The number of anilines is 1. The second-order valence-electron chi connectivity index (χ2n) is 3.89. The highest BCUT2D eigenvalue weighted by Gasteiger charge is 2.10. The van der Waals surface area contributed by atoms with E-state index in [1.165, 1.54) is 6.92 Å². The van der Waals surface area contributed by atoms with Crippen molar-refractivity contribution in [3.63, 3.8) is 0 Å². The summed E-state index contributed by atoms with van der Waals surface area (Å²) in [5.41, 5.74) is 7.25. The van der Waals surface area contributed by atoms with Gasteiger partial charge in [-0.25, -0.2) is 0 Å². The second kappa shape index (κ2) is 6.50. The monoisotopic (exact) mass is 247 g/mol. The fraction of sp³-hybridized carbons (Fsp3) is 0.385. The maximum absolute atomic E-state index is 10.9. The van der Waals surface area contributed by atoms with Gasteiger partial charge in [0.2, 0.25) is 5.91 Å². The van der Waals surface area contributed by atoms with E-state index in [2.05, 4.69) is 5.32 Å². The highest BCUT2D eigenvalue weighted by atomic mass is 16.5. The van der Waals surface area contributed by atoms with E-state index < -0.39 is 6.04 Å².